The Labute approximate surface area is 100 Å². The predicted octanol–water partition coefficient (Wildman–Crippen LogP) is 2.70. The molecule has 3 N–H and O–H groups in total. The largest absolute Gasteiger partial charge is 0.382 e. The molecular formula is C13H19N3O. The second-order valence-electron chi connectivity index (χ2n) is 4.74. The van der Waals surface area contributed by atoms with Gasteiger partial charge in [-0.2, -0.15) is 0 Å². The summed E-state index contributed by atoms with van der Waals surface area (Å²) in [6, 6.07) is 6.34. The molecule has 1 aromatic heterocycles. The Morgan fingerprint density at radius 2 is 1.94 bits per heavy atom. The van der Waals surface area contributed by atoms with Crippen molar-refractivity contribution in [1.82, 2.24) is 9.97 Å². The molecule has 4 heteroatoms. The lowest BCUT2D eigenvalue weighted by Gasteiger charge is -2.21. The van der Waals surface area contributed by atoms with Crippen LogP contribution in [0.3, 0.4) is 0 Å². The quantitative estimate of drug-likeness (QED) is 0.760. The Hall–Kier alpha value is -1.71. The minimum absolute atomic E-state index is 0.159. The van der Waals surface area contributed by atoms with E-state index in [0.29, 0.717) is 12.0 Å². The van der Waals surface area contributed by atoms with Crippen LogP contribution in [0.25, 0.3) is 11.0 Å². The molecule has 1 aromatic carbocycles. The summed E-state index contributed by atoms with van der Waals surface area (Å²) in [5.41, 5.74) is 2.58. The van der Waals surface area contributed by atoms with Gasteiger partial charge in [0.1, 0.15) is 0 Å². The minimum Gasteiger partial charge on any atom is -0.382 e. The van der Waals surface area contributed by atoms with Crippen LogP contribution < -0.4 is 11.0 Å². The topological polar surface area (TPSA) is 60.7 Å². The Morgan fingerprint density at radius 3 is 2.59 bits per heavy atom. The van der Waals surface area contributed by atoms with Crippen LogP contribution in [0, 0.1) is 5.92 Å². The summed E-state index contributed by atoms with van der Waals surface area (Å²) in [7, 11) is 0. The van der Waals surface area contributed by atoms with Gasteiger partial charge in [0, 0.05) is 11.7 Å². The molecule has 0 spiro atoms. The van der Waals surface area contributed by atoms with Crippen LogP contribution in [0.5, 0.6) is 0 Å². The molecule has 2 aromatic rings. The zero-order valence-corrected chi connectivity index (χ0v) is 10.5. The van der Waals surface area contributed by atoms with E-state index in [1.165, 1.54) is 0 Å². The van der Waals surface area contributed by atoms with Crippen molar-refractivity contribution in [3.05, 3.63) is 28.7 Å². The van der Waals surface area contributed by atoms with E-state index in [1.54, 1.807) is 0 Å². The van der Waals surface area contributed by atoms with Gasteiger partial charge in [-0.3, -0.25) is 0 Å². The van der Waals surface area contributed by atoms with Gasteiger partial charge in [0.05, 0.1) is 11.0 Å². The van der Waals surface area contributed by atoms with E-state index in [2.05, 4.69) is 36.1 Å². The highest BCUT2D eigenvalue weighted by Gasteiger charge is 2.10. The second kappa shape index (κ2) is 4.65. The molecule has 0 saturated heterocycles. The Kier molecular flexibility index (Phi) is 3.22. The van der Waals surface area contributed by atoms with Crippen molar-refractivity contribution in [3.8, 4) is 0 Å². The van der Waals surface area contributed by atoms with Gasteiger partial charge in [-0.05, 0) is 30.5 Å². The van der Waals surface area contributed by atoms with E-state index >= 15 is 0 Å². The first-order valence-corrected chi connectivity index (χ1v) is 6.08. The lowest BCUT2D eigenvalue weighted by Crippen LogP contribution is -2.24. The number of H-pyrrole nitrogens is 2. The van der Waals surface area contributed by atoms with E-state index in [4.69, 9.17) is 0 Å². The van der Waals surface area contributed by atoms with Crippen molar-refractivity contribution < 1.29 is 0 Å². The van der Waals surface area contributed by atoms with Gasteiger partial charge in [0.15, 0.2) is 0 Å². The first-order chi connectivity index (χ1) is 8.10. The van der Waals surface area contributed by atoms with E-state index in [0.717, 1.165) is 23.1 Å². The fourth-order valence-electron chi connectivity index (χ4n) is 2.08. The lowest BCUT2D eigenvalue weighted by atomic mass is 10.0. The zero-order chi connectivity index (χ0) is 12.4. The van der Waals surface area contributed by atoms with Crippen molar-refractivity contribution in [1.29, 1.82) is 0 Å². The lowest BCUT2D eigenvalue weighted by molar-refractivity contribution is 0.511. The summed E-state index contributed by atoms with van der Waals surface area (Å²) in [4.78, 5) is 16.7. The number of imidazole rings is 1. The highest BCUT2D eigenvalue weighted by Crippen LogP contribution is 2.18. The maximum absolute atomic E-state index is 11.2. The molecule has 4 nitrogen and oxygen atoms in total. The molecule has 1 heterocycles. The fraction of sp³-hybridized carbons (Fsp3) is 0.462. The molecule has 0 saturated carbocycles. The first-order valence-electron chi connectivity index (χ1n) is 6.08. The van der Waals surface area contributed by atoms with Crippen molar-refractivity contribution in [2.75, 3.05) is 5.32 Å². The molecule has 1 atom stereocenters. The molecular weight excluding hydrogens is 214 g/mol. The Morgan fingerprint density at radius 1 is 1.24 bits per heavy atom. The predicted molar refractivity (Wildman–Crippen MR) is 71.5 cm³/mol. The van der Waals surface area contributed by atoms with Gasteiger partial charge in [0.2, 0.25) is 0 Å². The van der Waals surface area contributed by atoms with Gasteiger partial charge in [-0.1, -0.05) is 20.8 Å². The van der Waals surface area contributed by atoms with Crippen LogP contribution >= 0.6 is 0 Å². The van der Waals surface area contributed by atoms with E-state index in [9.17, 15) is 4.79 Å². The summed E-state index contributed by atoms with van der Waals surface area (Å²) < 4.78 is 0. The fourth-order valence-corrected chi connectivity index (χ4v) is 2.08. The van der Waals surface area contributed by atoms with Gasteiger partial charge in [-0.15, -0.1) is 0 Å². The zero-order valence-electron chi connectivity index (χ0n) is 10.5. The molecule has 1 unspecified atom stereocenters. The summed E-state index contributed by atoms with van der Waals surface area (Å²) >= 11 is 0. The molecule has 0 amide bonds. The number of fused-ring (bicyclic) bond motifs is 1. The third-order valence-electron chi connectivity index (χ3n) is 3.11. The van der Waals surface area contributed by atoms with Crippen molar-refractivity contribution in [2.45, 2.75) is 33.2 Å². The first kappa shape index (κ1) is 11.8. The summed E-state index contributed by atoms with van der Waals surface area (Å²) in [6.07, 6.45) is 1.08. The van der Waals surface area contributed by atoms with Crippen LogP contribution in [-0.2, 0) is 0 Å². The summed E-state index contributed by atoms with van der Waals surface area (Å²) in [5.74, 6) is 0.584. The highest BCUT2D eigenvalue weighted by atomic mass is 16.1. The van der Waals surface area contributed by atoms with E-state index in [1.807, 2.05) is 18.2 Å². The smallest absolute Gasteiger partial charge is 0.323 e. The van der Waals surface area contributed by atoms with Gasteiger partial charge in [0.25, 0.3) is 0 Å². The number of hydrogen-bond donors (Lipinski definition) is 3. The number of hydrogen-bond acceptors (Lipinski definition) is 2. The van der Waals surface area contributed by atoms with Gasteiger partial charge < -0.3 is 15.3 Å². The Balaban J connectivity index is 2.26. The number of aromatic nitrogens is 2. The van der Waals surface area contributed by atoms with Gasteiger partial charge in [-0.25, -0.2) is 4.79 Å². The van der Waals surface area contributed by atoms with Crippen LogP contribution in [-0.4, -0.2) is 16.0 Å². The van der Waals surface area contributed by atoms with Crippen LogP contribution in [0.15, 0.2) is 23.0 Å². The van der Waals surface area contributed by atoms with Crippen molar-refractivity contribution in [2.24, 2.45) is 5.92 Å². The molecule has 0 bridgehead atoms. The van der Waals surface area contributed by atoms with E-state index in [-0.39, 0.29) is 5.69 Å². The number of rotatable bonds is 4. The third kappa shape index (κ3) is 2.52. The SMILES string of the molecule is CCC(Nc1ccc2[nH]c(=O)[nH]c2c1)C(C)C. The maximum Gasteiger partial charge on any atom is 0.323 e. The number of nitrogens with one attached hydrogen (secondary N) is 3. The molecule has 0 aliphatic carbocycles. The average Bonchev–Trinajstić information content (AvgIpc) is 2.64. The normalized spacial score (nSPS) is 13.2. The Bertz CT molecular complexity index is 553. The van der Waals surface area contributed by atoms with Gasteiger partial charge >= 0.3 is 5.69 Å². The average molecular weight is 233 g/mol. The monoisotopic (exact) mass is 233 g/mol. The molecule has 0 radical (unpaired) electrons. The molecule has 0 aliphatic rings. The van der Waals surface area contributed by atoms with Crippen LogP contribution in [0.1, 0.15) is 27.2 Å². The molecule has 2 rings (SSSR count). The van der Waals surface area contributed by atoms with Crippen molar-refractivity contribution >= 4 is 16.7 Å². The molecule has 92 valence electrons. The number of anilines is 1. The molecule has 17 heavy (non-hydrogen) atoms. The molecule has 0 aliphatic heterocycles. The number of aromatic amines is 2. The summed E-state index contributed by atoms with van der Waals surface area (Å²) in [6.45, 7) is 6.59. The van der Waals surface area contributed by atoms with E-state index < -0.39 is 0 Å². The molecule has 0 fully saturated rings. The van der Waals surface area contributed by atoms with Crippen LogP contribution in [0.2, 0.25) is 0 Å². The minimum atomic E-state index is -0.159. The maximum atomic E-state index is 11.2. The standard InChI is InChI=1S/C13H19N3O/c1-4-10(8(2)3)14-9-5-6-11-12(7-9)16-13(17)15-11/h5-8,10,14H,4H2,1-3H3,(H2,15,16,17). The summed E-state index contributed by atoms with van der Waals surface area (Å²) in [5, 5.41) is 3.49. The van der Waals surface area contributed by atoms with Crippen molar-refractivity contribution in [3.63, 3.8) is 0 Å². The second-order valence-corrected chi connectivity index (χ2v) is 4.74. The number of benzene rings is 1. The van der Waals surface area contributed by atoms with Crippen LogP contribution in [0.4, 0.5) is 5.69 Å². The third-order valence-corrected chi connectivity index (χ3v) is 3.11. The highest BCUT2D eigenvalue weighted by molar-refractivity contribution is 5.78.